The molecule has 0 aliphatic heterocycles. The van der Waals surface area contributed by atoms with E-state index >= 15 is 0 Å². The number of aryl methyl sites for hydroxylation is 2. The lowest BCUT2D eigenvalue weighted by atomic mass is 9.73. The van der Waals surface area contributed by atoms with E-state index in [1.54, 1.807) is 0 Å². The predicted octanol–water partition coefficient (Wildman–Crippen LogP) is 10.1. The molecular formula is C41H31N. The van der Waals surface area contributed by atoms with Gasteiger partial charge in [0.25, 0.3) is 0 Å². The number of anilines is 3. The van der Waals surface area contributed by atoms with Gasteiger partial charge in [0, 0.05) is 22.6 Å². The van der Waals surface area contributed by atoms with Crippen LogP contribution in [0, 0.1) is 25.7 Å². The molecule has 0 amide bonds. The topological polar surface area (TPSA) is 3.24 Å². The molecule has 0 aromatic heterocycles. The Kier molecular flexibility index (Phi) is 6.46. The molecule has 42 heavy (non-hydrogen) atoms. The number of nitrogens with zero attached hydrogens (tertiary/aromatic N) is 1. The molecule has 7 rings (SSSR count). The first-order valence-electron chi connectivity index (χ1n) is 14.5. The van der Waals surface area contributed by atoms with Crippen molar-refractivity contribution in [3.05, 3.63) is 185 Å². The van der Waals surface area contributed by atoms with Gasteiger partial charge in [-0.1, -0.05) is 126 Å². The molecule has 1 atom stereocenters. The fourth-order valence-electron chi connectivity index (χ4n) is 6.14. The maximum Gasteiger partial charge on any atom is 0.108 e. The van der Waals surface area contributed by atoms with Crippen LogP contribution in [0.4, 0.5) is 17.1 Å². The van der Waals surface area contributed by atoms with Crippen molar-refractivity contribution in [3.8, 4) is 23.0 Å². The first-order chi connectivity index (χ1) is 20.6. The van der Waals surface area contributed by atoms with Crippen molar-refractivity contribution in [3.63, 3.8) is 0 Å². The number of fused-ring (bicyclic) bond motifs is 3. The average molecular weight is 538 g/mol. The van der Waals surface area contributed by atoms with Gasteiger partial charge in [-0.25, -0.2) is 0 Å². The Labute approximate surface area is 248 Å². The van der Waals surface area contributed by atoms with Gasteiger partial charge in [0.15, 0.2) is 0 Å². The molecule has 6 aromatic rings. The summed E-state index contributed by atoms with van der Waals surface area (Å²) in [6, 6.07) is 54.2. The van der Waals surface area contributed by atoms with Gasteiger partial charge < -0.3 is 4.90 Å². The predicted molar refractivity (Wildman–Crippen MR) is 176 cm³/mol. The Bertz CT molecular complexity index is 1880. The van der Waals surface area contributed by atoms with Crippen LogP contribution < -0.4 is 4.90 Å². The van der Waals surface area contributed by atoms with Gasteiger partial charge in [0.2, 0.25) is 0 Å². The van der Waals surface area contributed by atoms with Crippen molar-refractivity contribution >= 4 is 17.1 Å². The first kappa shape index (κ1) is 25.6. The Morgan fingerprint density at radius 1 is 0.476 bits per heavy atom. The highest BCUT2D eigenvalue weighted by Crippen LogP contribution is 2.53. The number of rotatable bonds is 4. The fourth-order valence-corrected chi connectivity index (χ4v) is 6.14. The van der Waals surface area contributed by atoms with Crippen LogP contribution in [-0.2, 0) is 5.41 Å². The maximum atomic E-state index is 3.80. The van der Waals surface area contributed by atoms with Crippen molar-refractivity contribution < 1.29 is 0 Å². The molecule has 1 heteroatoms. The van der Waals surface area contributed by atoms with E-state index in [1.807, 2.05) is 18.2 Å². The SMILES string of the molecule is Cc1ccc(N(c2ccc(C)cc2)c2ccc3c(c2)-c2ccccc2C3(C#Cc2ccccc2)c2ccccc2)cc1. The summed E-state index contributed by atoms with van der Waals surface area (Å²) in [6.07, 6.45) is 0. The lowest BCUT2D eigenvalue weighted by Crippen LogP contribution is -2.25. The molecule has 0 radical (unpaired) electrons. The fraction of sp³-hybridized carbons (Fsp3) is 0.0732. The highest BCUT2D eigenvalue weighted by molar-refractivity contribution is 5.90. The van der Waals surface area contributed by atoms with Crippen LogP contribution in [0.2, 0.25) is 0 Å². The van der Waals surface area contributed by atoms with Gasteiger partial charge in [-0.2, -0.15) is 0 Å². The molecule has 1 nitrogen and oxygen atoms in total. The highest BCUT2D eigenvalue weighted by Gasteiger charge is 2.43. The lowest BCUT2D eigenvalue weighted by Gasteiger charge is -2.29. The van der Waals surface area contributed by atoms with Crippen molar-refractivity contribution in [1.29, 1.82) is 0 Å². The lowest BCUT2D eigenvalue weighted by molar-refractivity contribution is 0.837. The molecular weight excluding hydrogens is 506 g/mol. The van der Waals surface area contributed by atoms with E-state index in [4.69, 9.17) is 0 Å². The molecule has 0 fully saturated rings. The number of hydrogen-bond acceptors (Lipinski definition) is 1. The number of hydrogen-bond donors (Lipinski definition) is 0. The van der Waals surface area contributed by atoms with E-state index in [9.17, 15) is 0 Å². The van der Waals surface area contributed by atoms with Crippen molar-refractivity contribution in [2.24, 2.45) is 0 Å². The van der Waals surface area contributed by atoms with Crippen molar-refractivity contribution in [2.45, 2.75) is 19.3 Å². The van der Waals surface area contributed by atoms with Crippen LogP contribution in [-0.4, -0.2) is 0 Å². The third kappa shape index (κ3) is 4.39. The summed E-state index contributed by atoms with van der Waals surface area (Å²) in [5, 5.41) is 0. The third-order valence-electron chi connectivity index (χ3n) is 8.25. The van der Waals surface area contributed by atoms with Crippen LogP contribution in [0.1, 0.15) is 33.4 Å². The summed E-state index contributed by atoms with van der Waals surface area (Å²) in [4.78, 5) is 2.35. The molecule has 1 aliphatic rings. The van der Waals surface area contributed by atoms with Crippen molar-refractivity contribution in [2.75, 3.05) is 4.90 Å². The van der Waals surface area contributed by atoms with E-state index < -0.39 is 5.41 Å². The van der Waals surface area contributed by atoms with Gasteiger partial charge in [-0.15, -0.1) is 0 Å². The molecule has 200 valence electrons. The van der Waals surface area contributed by atoms with Crippen LogP contribution >= 0.6 is 0 Å². The standard InChI is InChI=1S/C41H31N/c1-30-17-21-34(22-18-30)42(35-23-19-31(2)20-24-35)36-25-26-40-38(29-36)37-15-9-10-16-39(37)41(40,33-13-7-4-8-14-33)28-27-32-11-5-3-6-12-32/h3-26,29H,1-2H3. The van der Waals surface area contributed by atoms with Gasteiger partial charge in [-0.3, -0.25) is 0 Å². The minimum Gasteiger partial charge on any atom is -0.310 e. The molecule has 1 unspecified atom stereocenters. The Morgan fingerprint density at radius 3 is 1.64 bits per heavy atom. The molecule has 0 spiro atoms. The van der Waals surface area contributed by atoms with Crippen LogP contribution in [0.15, 0.2) is 152 Å². The van der Waals surface area contributed by atoms with E-state index in [0.717, 1.165) is 22.6 Å². The normalized spacial score (nSPS) is 14.8. The van der Waals surface area contributed by atoms with Crippen LogP contribution in [0.5, 0.6) is 0 Å². The first-order valence-corrected chi connectivity index (χ1v) is 14.5. The molecule has 0 saturated carbocycles. The van der Waals surface area contributed by atoms with Gasteiger partial charge in [-0.05, 0) is 90.2 Å². The number of benzene rings is 6. The Morgan fingerprint density at radius 2 is 1.00 bits per heavy atom. The molecule has 0 heterocycles. The van der Waals surface area contributed by atoms with E-state index in [-0.39, 0.29) is 0 Å². The zero-order chi connectivity index (χ0) is 28.5. The molecule has 6 aromatic carbocycles. The highest BCUT2D eigenvalue weighted by atomic mass is 15.1. The summed E-state index contributed by atoms with van der Waals surface area (Å²) < 4.78 is 0. The minimum atomic E-state index is -0.583. The van der Waals surface area contributed by atoms with Gasteiger partial charge >= 0.3 is 0 Å². The van der Waals surface area contributed by atoms with Crippen LogP contribution in [0.25, 0.3) is 11.1 Å². The van der Waals surface area contributed by atoms with E-state index in [1.165, 1.54) is 38.9 Å². The smallest absolute Gasteiger partial charge is 0.108 e. The van der Waals surface area contributed by atoms with Gasteiger partial charge in [0.05, 0.1) is 0 Å². The molecule has 1 aliphatic carbocycles. The third-order valence-corrected chi connectivity index (χ3v) is 8.25. The largest absolute Gasteiger partial charge is 0.310 e. The summed E-state index contributed by atoms with van der Waals surface area (Å²) in [5.74, 6) is 7.35. The quantitative estimate of drug-likeness (QED) is 0.202. The molecule has 0 bridgehead atoms. The molecule has 0 N–H and O–H groups in total. The maximum absolute atomic E-state index is 3.80. The minimum absolute atomic E-state index is 0.583. The summed E-state index contributed by atoms with van der Waals surface area (Å²) in [7, 11) is 0. The second kappa shape index (κ2) is 10.6. The Hall–Kier alpha value is -5.32. The second-order valence-corrected chi connectivity index (χ2v) is 11.0. The zero-order valence-electron chi connectivity index (χ0n) is 23.9. The van der Waals surface area contributed by atoms with E-state index in [2.05, 4.69) is 164 Å². The summed E-state index contributed by atoms with van der Waals surface area (Å²) in [6.45, 7) is 4.26. The van der Waals surface area contributed by atoms with Crippen molar-refractivity contribution in [1.82, 2.24) is 0 Å². The zero-order valence-corrected chi connectivity index (χ0v) is 23.9. The van der Waals surface area contributed by atoms with Gasteiger partial charge in [0.1, 0.15) is 5.41 Å². The second-order valence-electron chi connectivity index (χ2n) is 11.0. The van der Waals surface area contributed by atoms with E-state index in [0.29, 0.717) is 0 Å². The average Bonchev–Trinajstić information content (AvgIpc) is 3.33. The van der Waals surface area contributed by atoms with Crippen LogP contribution in [0.3, 0.4) is 0 Å². The monoisotopic (exact) mass is 537 g/mol. The summed E-state index contributed by atoms with van der Waals surface area (Å²) >= 11 is 0. The molecule has 0 saturated heterocycles. The Balaban J connectivity index is 1.47. The summed E-state index contributed by atoms with van der Waals surface area (Å²) in [5.41, 5.74) is 12.4.